The van der Waals surface area contributed by atoms with Crippen molar-refractivity contribution < 1.29 is 14.6 Å². The number of benzene rings is 1. The number of hydrogen-bond donors (Lipinski definition) is 1. The lowest BCUT2D eigenvalue weighted by atomic mass is 10.2. The average Bonchev–Trinajstić information content (AvgIpc) is 2.30. The normalized spacial score (nSPS) is 10.5. The molecule has 0 saturated carbocycles. The summed E-state index contributed by atoms with van der Waals surface area (Å²) in [5.74, 6) is 0.0226. The summed E-state index contributed by atoms with van der Waals surface area (Å²) in [6, 6.07) is 5.38. The van der Waals surface area contributed by atoms with Gasteiger partial charge >= 0.3 is 5.97 Å². The van der Waals surface area contributed by atoms with E-state index in [0.29, 0.717) is 10.0 Å². The van der Waals surface area contributed by atoms with Crippen LogP contribution in [0.5, 0.6) is 0 Å². The van der Waals surface area contributed by atoms with Crippen LogP contribution in [0.25, 0.3) is 0 Å². The Bertz CT molecular complexity index is 382. The Kier molecular flexibility index (Phi) is 6.62. The average molecular weight is 319 g/mol. The lowest BCUT2D eigenvalue weighted by Crippen LogP contribution is -1.98. The summed E-state index contributed by atoms with van der Waals surface area (Å²) in [4.78, 5) is 11.9. The number of rotatable bonds is 7. The van der Waals surface area contributed by atoms with E-state index in [-0.39, 0.29) is 0 Å². The molecule has 17 heavy (non-hydrogen) atoms. The lowest BCUT2D eigenvalue weighted by molar-refractivity contribution is 0.0695. The first-order chi connectivity index (χ1) is 8.15. The molecule has 5 heteroatoms. The first kappa shape index (κ1) is 14.5. The van der Waals surface area contributed by atoms with Crippen LogP contribution in [0, 0.1) is 0 Å². The Morgan fingerprint density at radius 2 is 2.29 bits per heavy atom. The van der Waals surface area contributed by atoms with Crippen molar-refractivity contribution in [3.05, 3.63) is 28.2 Å². The second-order valence-corrected chi connectivity index (χ2v) is 5.37. The molecule has 0 heterocycles. The maximum atomic E-state index is 10.9. The van der Waals surface area contributed by atoms with Crippen molar-refractivity contribution >= 4 is 33.7 Å². The van der Waals surface area contributed by atoms with Gasteiger partial charge in [0.05, 0.1) is 5.56 Å². The molecule has 0 radical (unpaired) electrons. The van der Waals surface area contributed by atoms with Gasteiger partial charge in [-0.25, -0.2) is 4.79 Å². The third-order valence-electron chi connectivity index (χ3n) is 2.07. The molecular formula is C12H15BrO3S. The summed E-state index contributed by atoms with van der Waals surface area (Å²) in [6.45, 7) is 3.47. The monoisotopic (exact) mass is 318 g/mol. The number of halogens is 1. The quantitative estimate of drug-likeness (QED) is 0.615. The lowest BCUT2D eigenvalue weighted by Gasteiger charge is -2.05. The zero-order chi connectivity index (χ0) is 12.7. The van der Waals surface area contributed by atoms with Gasteiger partial charge in [0.1, 0.15) is 0 Å². The van der Waals surface area contributed by atoms with Crippen molar-refractivity contribution in [2.75, 3.05) is 19.0 Å². The molecule has 0 aliphatic rings. The Labute approximate surface area is 114 Å². The molecule has 0 amide bonds. The highest BCUT2D eigenvalue weighted by Gasteiger charge is 2.08. The van der Waals surface area contributed by atoms with Gasteiger partial charge in [-0.3, -0.25) is 0 Å². The van der Waals surface area contributed by atoms with Gasteiger partial charge in [0.15, 0.2) is 0 Å². The fourth-order valence-corrected chi connectivity index (χ4v) is 2.53. The molecule has 0 saturated heterocycles. The molecule has 1 rings (SSSR count). The van der Waals surface area contributed by atoms with E-state index in [2.05, 4.69) is 15.9 Å². The summed E-state index contributed by atoms with van der Waals surface area (Å²) in [6.07, 6.45) is 0.969. The van der Waals surface area contributed by atoms with Gasteiger partial charge in [0, 0.05) is 28.3 Å². The minimum Gasteiger partial charge on any atom is -0.478 e. The first-order valence-electron chi connectivity index (χ1n) is 5.38. The zero-order valence-electron chi connectivity index (χ0n) is 9.61. The van der Waals surface area contributed by atoms with Gasteiger partial charge < -0.3 is 9.84 Å². The smallest absolute Gasteiger partial charge is 0.336 e. The number of hydrogen-bond acceptors (Lipinski definition) is 3. The molecule has 0 aliphatic carbocycles. The van der Waals surface area contributed by atoms with Crippen molar-refractivity contribution in [2.24, 2.45) is 0 Å². The Hall–Kier alpha value is -0.520. The second-order valence-electron chi connectivity index (χ2n) is 3.35. The van der Waals surface area contributed by atoms with Crippen LogP contribution in [0.2, 0.25) is 0 Å². The van der Waals surface area contributed by atoms with Gasteiger partial charge in [-0.1, -0.05) is 0 Å². The van der Waals surface area contributed by atoms with Crippen LogP contribution < -0.4 is 0 Å². The van der Waals surface area contributed by atoms with Gasteiger partial charge in [-0.05, 0) is 47.5 Å². The van der Waals surface area contributed by atoms with Gasteiger partial charge in [0.2, 0.25) is 0 Å². The van der Waals surface area contributed by atoms with Crippen LogP contribution in [0.3, 0.4) is 0 Å². The molecule has 0 aromatic heterocycles. The fourth-order valence-electron chi connectivity index (χ4n) is 1.25. The Morgan fingerprint density at radius 1 is 1.53 bits per heavy atom. The summed E-state index contributed by atoms with van der Waals surface area (Å²) < 4.78 is 5.85. The summed E-state index contributed by atoms with van der Waals surface area (Å²) in [5, 5.41) is 8.97. The summed E-state index contributed by atoms with van der Waals surface area (Å²) in [5.41, 5.74) is 0.305. The van der Waals surface area contributed by atoms with E-state index < -0.39 is 5.97 Å². The molecular weight excluding hydrogens is 304 g/mol. The third kappa shape index (κ3) is 5.10. The van der Waals surface area contributed by atoms with Crippen molar-refractivity contribution in [3.8, 4) is 0 Å². The highest BCUT2D eigenvalue weighted by Crippen LogP contribution is 2.25. The third-order valence-corrected chi connectivity index (χ3v) is 3.85. The molecule has 94 valence electrons. The van der Waals surface area contributed by atoms with Crippen LogP contribution >= 0.6 is 27.7 Å². The molecule has 1 aromatic carbocycles. The van der Waals surface area contributed by atoms with Crippen LogP contribution in [0.4, 0.5) is 0 Å². The first-order valence-corrected chi connectivity index (χ1v) is 7.16. The standard InChI is InChI=1S/C12H15BrO3S/c1-2-16-6-3-7-17-9-4-5-11(13)10(8-9)12(14)15/h4-5,8H,2-3,6-7H2,1H3,(H,14,15). The number of thioether (sulfide) groups is 1. The maximum Gasteiger partial charge on any atom is 0.336 e. The van der Waals surface area contributed by atoms with E-state index in [1.165, 1.54) is 0 Å². The summed E-state index contributed by atoms with van der Waals surface area (Å²) in [7, 11) is 0. The van der Waals surface area contributed by atoms with E-state index in [1.54, 1.807) is 23.9 Å². The summed E-state index contributed by atoms with van der Waals surface area (Å²) >= 11 is 4.87. The van der Waals surface area contributed by atoms with Crippen molar-refractivity contribution in [2.45, 2.75) is 18.2 Å². The molecule has 1 N–H and O–H groups in total. The van der Waals surface area contributed by atoms with Crippen molar-refractivity contribution in [1.29, 1.82) is 0 Å². The SMILES string of the molecule is CCOCCCSc1ccc(Br)c(C(=O)O)c1. The molecule has 0 spiro atoms. The molecule has 0 bridgehead atoms. The van der Waals surface area contributed by atoms with Gasteiger partial charge in [0.25, 0.3) is 0 Å². The molecule has 0 aliphatic heterocycles. The van der Waals surface area contributed by atoms with Crippen molar-refractivity contribution in [3.63, 3.8) is 0 Å². The number of ether oxygens (including phenoxy) is 1. The molecule has 0 unspecified atom stereocenters. The van der Waals surface area contributed by atoms with Crippen LogP contribution in [-0.4, -0.2) is 30.0 Å². The predicted molar refractivity (Wildman–Crippen MR) is 72.9 cm³/mol. The van der Waals surface area contributed by atoms with E-state index >= 15 is 0 Å². The minimum absolute atomic E-state index is 0.305. The fraction of sp³-hybridized carbons (Fsp3) is 0.417. The van der Waals surface area contributed by atoms with Crippen LogP contribution in [0.1, 0.15) is 23.7 Å². The van der Waals surface area contributed by atoms with E-state index in [4.69, 9.17) is 9.84 Å². The van der Waals surface area contributed by atoms with E-state index in [0.717, 1.165) is 30.3 Å². The predicted octanol–water partition coefficient (Wildman–Crippen LogP) is 3.67. The van der Waals surface area contributed by atoms with Crippen LogP contribution in [-0.2, 0) is 4.74 Å². The van der Waals surface area contributed by atoms with Gasteiger partial charge in [-0.2, -0.15) is 0 Å². The molecule has 3 nitrogen and oxygen atoms in total. The number of carboxylic acids is 1. The maximum absolute atomic E-state index is 10.9. The highest BCUT2D eigenvalue weighted by molar-refractivity contribution is 9.10. The largest absolute Gasteiger partial charge is 0.478 e. The molecule has 0 fully saturated rings. The Balaban J connectivity index is 2.49. The highest BCUT2D eigenvalue weighted by atomic mass is 79.9. The zero-order valence-corrected chi connectivity index (χ0v) is 12.0. The van der Waals surface area contributed by atoms with E-state index in [9.17, 15) is 4.79 Å². The van der Waals surface area contributed by atoms with Crippen LogP contribution in [0.15, 0.2) is 27.6 Å². The molecule has 1 aromatic rings. The topological polar surface area (TPSA) is 46.5 Å². The number of carboxylic acid groups (broad SMARTS) is 1. The van der Waals surface area contributed by atoms with Gasteiger partial charge in [-0.15, -0.1) is 11.8 Å². The molecule has 0 atom stereocenters. The second kappa shape index (κ2) is 7.74. The Morgan fingerprint density at radius 3 is 2.94 bits per heavy atom. The van der Waals surface area contributed by atoms with E-state index in [1.807, 2.05) is 13.0 Å². The number of aromatic carboxylic acids is 1. The van der Waals surface area contributed by atoms with Crippen molar-refractivity contribution in [1.82, 2.24) is 0 Å². The minimum atomic E-state index is -0.909. The number of carbonyl (C=O) groups is 1.